The van der Waals surface area contributed by atoms with E-state index in [1.165, 1.54) is 25.4 Å². The number of alkyl halides is 3. The van der Waals surface area contributed by atoms with E-state index in [2.05, 4.69) is 25.3 Å². The number of nitrogens with one attached hydrogen (secondary N) is 2. The number of carbonyl (C=O) groups excluding carboxylic acids is 2. The molecule has 2 N–H and O–H groups in total. The van der Waals surface area contributed by atoms with Gasteiger partial charge in [0.05, 0.1) is 7.11 Å². The molecule has 0 atom stereocenters. The van der Waals surface area contributed by atoms with Gasteiger partial charge in [0.1, 0.15) is 5.82 Å². The number of amides is 2. The van der Waals surface area contributed by atoms with Crippen LogP contribution < -0.4 is 20.1 Å². The first-order valence-electron chi connectivity index (χ1n) is 8.90. The molecule has 0 radical (unpaired) electrons. The number of pyridine rings is 2. The Hall–Kier alpha value is -3.37. The highest BCUT2D eigenvalue weighted by molar-refractivity contribution is 5.96. The minimum atomic E-state index is -4.50. The summed E-state index contributed by atoms with van der Waals surface area (Å²) in [5.41, 5.74) is 1.33. The van der Waals surface area contributed by atoms with Gasteiger partial charge in [0.15, 0.2) is 12.4 Å². The minimum Gasteiger partial charge on any atom is -0.491 e. The van der Waals surface area contributed by atoms with Crippen LogP contribution in [0.2, 0.25) is 0 Å². The average molecular weight is 426 g/mol. The number of anilines is 1. The summed E-state index contributed by atoms with van der Waals surface area (Å²) in [6, 6.07) is 4.43. The van der Waals surface area contributed by atoms with Gasteiger partial charge < -0.3 is 20.1 Å². The number of hydrogen-bond acceptors (Lipinski definition) is 6. The highest BCUT2D eigenvalue weighted by atomic mass is 19.4. The summed E-state index contributed by atoms with van der Waals surface area (Å²) >= 11 is 0. The molecule has 0 aliphatic carbocycles. The second-order valence-electron chi connectivity index (χ2n) is 6.22. The van der Waals surface area contributed by atoms with Crippen molar-refractivity contribution in [3.63, 3.8) is 0 Å². The molecular formula is C19H21F3N4O4. The Balaban J connectivity index is 2.06. The molecule has 0 fully saturated rings. The molecule has 2 rings (SSSR count). The van der Waals surface area contributed by atoms with Crippen molar-refractivity contribution in [3.05, 3.63) is 41.2 Å². The van der Waals surface area contributed by atoms with E-state index in [4.69, 9.17) is 4.74 Å². The van der Waals surface area contributed by atoms with Gasteiger partial charge in [0.25, 0.3) is 11.8 Å². The van der Waals surface area contributed by atoms with Gasteiger partial charge in [-0.15, -0.1) is 0 Å². The molecule has 162 valence electrons. The Morgan fingerprint density at radius 3 is 2.57 bits per heavy atom. The molecule has 0 bridgehead atoms. The van der Waals surface area contributed by atoms with Gasteiger partial charge in [-0.25, -0.2) is 9.97 Å². The topological polar surface area (TPSA) is 102 Å². The van der Waals surface area contributed by atoms with E-state index in [0.717, 1.165) is 0 Å². The molecule has 0 aliphatic rings. The first kappa shape index (κ1) is 22.9. The fraction of sp³-hybridized carbons (Fsp3) is 0.368. The molecule has 0 aliphatic heterocycles. The number of carbonyl (C=O) groups is 2. The zero-order valence-electron chi connectivity index (χ0n) is 16.6. The van der Waals surface area contributed by atoms with Crippen molar-refractivity contribution in [3.8, 4) is 11.6 Å². The quantitative estimate of drug-likeness (QED) is 0.673. The smallest absolute Gasteiger partial charge is 0.422 e. The summed E-state index contributed by atoms with van der Waals surface area (Å²) in [6.07, 6.45) is -2.95. The maximum Gasteiger partial charge on any atom is 0.422 e. The van der Waals surface area contributed by atoms with E-state index in [9.17, 15) is 22.8 Å². The predicted octanol–water partition coefficient (Wildman–Crippen LogP) is 3.01. The molecule has 2 heterocycles. The molecule has 0 saturated heterocycles. The Kier molecular flexibility index (Phi) is 7.56. The van der Waals surface area contributed by atoms with Crippen molar-refractivity contribution in [1.29, 1.82) is 0 Å². The van der Waals surface area contributed by atoms with Crippen LogP contribution in [0.1, 0.15) is 35.0 Å². The lowest BCUT2D eigenvalue weighted by Crippen LogP contribution is -2.24. The summed E-state index contributed by atoms with van der Waals surface area (Å²) in [5.74, 6) is -0.683. The lowest BCUT2D eigenvalue weighted by Gasteiger charge is -2.13. The van der Waals surface area contributed by atoms with Crippen molar-refractivity contribution < 1.29 is 32.2 Å². The summed E-state index contributed by atoms with van der Waals surface area (Å²) in [7, 11) is 1.27. The summed E-state index contributed by atoms with van der Waals surface area (Å²) in [6.45, 7) is 1.93. The maximum absolute atomic E-state index is 12.5. The van der Waals surface area contributed by atoms with Crippen LogP contribution in [0.4, 0.5) is 19.0 Å². The van der Waals surface area contributed by atoms with E-state index in [0.29, 0.717) is 16.8 Å². The Bertz CT molecular complexity index is 919. The third kappa shape index (κ3) is 6.90. The number of aryl methyl sites for hydroxylation is 1. The lowest BCUT2D eigenvalue weighted by molar-refractivity contribution is -0.154. The Morgan fingerprint density at radius 1 is 1.20 bits per heavy atom. The van der Waals surface area contributed by atoms with Gasteiger partial charge in [0.2, 0.25) is 5.91 Å². The second kappa shape index (κ2) is 9.90. The van der Waals surface area contributed by atoms with Crippen molar-refractivity contribution in [1.82, 2.24) is 15.3 Å². The van der Waals surface area contributed by atoms with Gasteiger partial charge >= 0.3 is 6.18 Å². The van der Waals surface area contributed by atoms with Crippen LogP contribution in [0.5, 0.6) is 11.6 Å². The van der Waals surface area contributed by atoms with Crippen LogP contribution in [-0.4, -0.2) is 41.7 Å². The normalized spacial score (nSPS) is 11.0. The number of rotatable bonds is 8. The van der Waals surface area contributed by atoms with Gasteiger partial charge in [-0.1, -0.05) is 6.92 Å². The molecule has 2 aromatic heterocycles. The van der Waals surface area contributed by atoms with Gasteiger partial charge in [-0.05, 0) is 30.7 Å². The first-order chi connectivity index (χ1) is 14.1. The van der Waals surface area contributed by atoms with E-state index < -0.39 is 18.7 Å². The minimum absolute atomic E-state index is 0.00955. The summed E-state index contributed by atoms with van der Waals surface area (Å²) < 4.78 is 46.5. The highest BCUT2D eigenvalue weighted by Crippen LogP contribution is 2.27. The van der Waals surface area contributed by atoms with Crippen LogP contribution in [-0.2, 0) is 11.3 Å². The van der Waals surface area contributed by atoms with E-state index in [1.807, 2.05) is 0 Å². The highest BCUT2D eigenvalue weighted by Gasteiger charge is 2.29. The van der Waals surface area contributed by atoms with Crippen molar-refractivity contribution in [2.45, 2.75) is 33.0 Å². The fourth-order valence-electron chi connectivity index (χ4n) is 2.35. The van der Waals surface area contributed by atoms with Gasteiger partial charge in [-0.3, -0.25) is 9.59 Å². The number of halogens is 3. The van der Waals surface area contributed by atoms with Crippen molar-refractivity contribution >= 4 is 17.6 Å². The summed E-state index contributed by atoms with van der Waals surface area (Å²) in [5, 5.41) is 5.26. The molecule has 30 heavy (non-hydrogen) atoms. The SMILES string of the molecule is CCC(=O)Nc1cc(C(=O)NCc2cnc(OCC(F)(F)F)c(OC)c2)cc(C)n1. The van der Waals surface area contributed by atoms with Gasteiger partial charge in [-0.2, -0.15) is 13.2 Å². The Morgan fingerprint density at radius 2 is 1.93 bits per heavy atom. The second-order valence-corrected chi connectivity index (χ2v) is 6.22. The van der Waals surface area contributed by atoms with Crippen molar-refractivity contribution in [2.24, 2.45) is 0 Å². The van der Waals surface area contributed by atoms with Crippen LogP contribution in [0.3, 0.4) is 0 Å². The molecule has 0 spiro atoms. The number of methoxy groups -OCH3 is 1. The van der Waals surface area contributed by atoms with Crippen LogP contribution in [0.15, 0.2) is 24.4 Å². The molecule has 11 heteroatoms. The van der Waals surface area contributed by atoms with E-state index in [-0.39, 0.29) is 36.3 Å². The van der Waals surface area contributed by atoms with Crippen LogP contribution in [0.25, 0.3) is 0 Å². The molecule has 8 nitrogen and oxygen atoms in total. The molecule has 0 saturated carbocycles. The first-order valence-corrected chi connectivity index (χ1v) is 8.90. The third-order valence-electron chi connectivity index (χ3n) is 3.72. The van der Waals surface area contributed by atoms with E-state index >= 15 is 0 Å². The zero-order valence-corrected chi connectivity index (χ0v) is 16.6. The summed E-state index contributed by atoms with van der Waals surface area (Å²) in [4.78, 5) is 32.0. The van der Waals surface area contributed by atoms with Crippen molar-refractivity contribution in [2.75, 3.05) is 19.0 Å². The fourth-order valence-corrected chi connectivity index (χ4v) is 2.35. The van der Waals surface area contributed by atoms with Gasteiger partial charge in [0, 0.05) is 30.4 Å². The predicted molar refractivity (Wildman–Crippen MR) is 101 cm³/mol. The largest absolute Gasteiger partial charge is 0.491 e. The van der Waals surface area contributed by atoms with Crippen LogP contribution >= 0.6 is 0 Å². The third-order valence-corrected chi connectivity index (χ3v) is 3.72. The standard InChI is InChI=1S/C19H21F3N4O4/c1-4-16(27)26-15-7-13(5-11(2)25-15)17(28)23-8-12-6-14(29-3)18(24-9-12)30-10-19(20,21)22/h5-7,9H,4,8,10H2,1-3H3,(H,23,28)(H,25,26,27). The Labute approximate surface area is 170 Å². The monoisotopic (exact) mass is 426 g/mol. The average Bonchev–Trinajstić information content (AvgIpc) is 2.69. The number of ether oxygens (including phenoxy) is 2. The molecule has 2 aromatic rings. The number of nitrogens with zero attached hydrogens (tertiary/aromatic N) is 2. The molecular weight excluding hydrogens is 405 g/mol. The zero-order chi connectivity index (χ0) is 22.3. The number of hydrogen-bond donors (Lipinski definition) is 2. The number of aromatic nitrogens is 2. The van der Waals surface area contributed by atoms with Crippen LogP contribution in [0, 0.1) is 6.92 Å². The van der Waals surface area contributed by atoms with E-state index in [1.54, 1.807) is 19.9 Å². The lowest BCUT2D eigenvalue weighted by atomic mass is 10.2. The maximum atomic E-state index is 12.5. The molecule has 0 unspecified atom stereocenters. The molecule has 0 aromatic carbocycles. The molecule has 2 amide bonds.